The molecule has 2 aromatic rings. The van der Waals surface area contributed by atoms with E-state index < -0.39 is 11.9 Å². The quantitative estimate of drug-likeness (QED) is 0.828. The second-order valence-corrected chi connectivity index (χ2v) is 4.14. The number of carboxylic acid groups (broad SMARTS) is 2. The topological polar surface area (TPSA) is 98.4 Å². The molecule has 0 aliphatic rings. The summed E-state index contributed by atoms with van der Waals surface area (Å²) in [6.07, 6.45) is 3.01. The van der Waals surface area contributed by atoms with Crippen molar-refractivity contribution >= 4 is 18.0 Å². The standard InChI is InChI=1S/C8H6O4.C8H8.C3H3N/c9-7(10)5-1-2-6(4-3-5)8(11)12;1-2-8-6-4-3-5-7-8;1-2-3-4/h1-4H,(H,9,10)(H,11,12);2-7H,1H2;2H,1H2. The van der Waals surface area contributed by atoms with Crippen LogP contribution in [-0.2, 0) is 0 Å². The molecule has 0 saturated heterocycles. The monoisotopic (exact) mass is 323 g/mol. The summed E-state index contributed by atoms with van der Waals surface area (Å²) in [5.41, 5.74) is 1.34. The third-order valence-corrected chi connectivity index (χ3v) is 2.51. The number of nitrogens with zero attached hydrogens (tertiary/aromatic N) is 1. The van der Waals surface area contributed by atoms with Gasteiger partial charge in [-0.1, -0.05) is 49.6 Å². The van der Waals surface area contributed by atoms with E-state index in [-0.39, 0.29) is 11.1 Å². The Hall–Kier alpha value is -3.65. The molecule has 0 saturated carbocycles. The van der Waals surface area contributed by atoms with Crippen LogP contribution in [-0.4, -0.2) is 22.2 Å². The van der Waals surface area contributed by atoms with Crippen LogP contribution in [0.4, 0.5) is 0 Å². The molecule has 0 radical (unpaired) electrons. The number of hydrogen-bond acceptors (Lipinski definition) is 3. The van der Waals surface area contributed by atoms with Crippen LogP contribution in [0.2, 0.25) is 0 Å². The number of aromatic carboxylic acids is 2. The van der Waals surface area contributed by atoms with E-state index in [1.165, 1.54) is 35.9 Å². The summed E-state index contributed by atoms with van der Waals surface area (Å²) in [4.78, 5) is 20.7. The van der Waals surface area contributed by atoms with Gasteiger partial charge in [-0.05, 0) is 29.8 Å². The van der Waals surface area contributed by atoms with Gasteiger partial charge in [-0.15, -0.1) is 0 Å². The van der Waals surface area contributed by atoms with Gasteiger partial charge in [0.15, 0.2) is 0 Å². The Balaban J connectivity index is 0.000000379. The Bertz CT molecular complexity index is 680. The van der Waals surface area contributed by atoms with Crippen molar-refractivity contribution in [3.05, 3.63) is 90.5 Å². The van der Waals surface area contributed by atoms with Gasteiger partial charge in [-0.2, -0.15) is 5.26 Å². The number of allylic oxidation sites excluding steroid dienone is 1. The summed E-state index contributed by atoms with van der Waals surface area (Å²) in [5.74, 6) is -2.13. The fraction of sp³-hybridized carbons (Fsp3) is 0. The van der Waals surface area contributed by atoms with Crippen molar-refractivity contribution in [2.24, 2.45) is 0 Å². The Morgan fingerprint density at radius 3 is 1.46 bits per heavy atom. The second-order valence-electron chi connectivity index (χ2n) is 4.14. The molecule has 5 heteroatoms. The van der Waals surface area contributed by atoms with E-state index in [9.17, 15) is 9.59 Å². The Kier molecular flexibility index (Phi) is 10.1. The molecule has 0 bridgehead atoms. The summed E-state index contributed by atoms with van der Waals surface area (Å²) in [6.45, 7) is 6.75. The Morgan fingerprint density at radius 2 is 1.25 bits per heavy atom. The van der Waals surface area contributed by atoms with E-state index in [0.717, 1.165) is 0 Å². The minimum absolute atomic E-state index is 0.0833. The third-order valence-electron chi connectivity index (χ3n) is 2.51. The summed E-state index contributed by atoms with van der Waals surface area (Å²) in [6, 6.07) is 16.7. The lowest BCUT2D eigenvalue weighted by Gasteiger charge is -1.94. The van der Waals surface area contributed by atoms with Crippen molar-refractivity contribution in [3.8, 4) is 6.07 Å². The summed E-state index contributed by atoms with van der Waals surface area (Å²) in [5, 5.41) is 24.4. The van der Waals surface area contributed by atoms with Crippen LogP contribution >= 0.6 is 0 Å². The zero-order valence-corrected chi connectivity index (χ0v) is 12.9. The molecule has 2 rings (SSSR count). The molecule has 0 aromatic heterocycles. The number of hydrogen-bond donors (Lipinski definition) is 2. The van der Waals surface area contributed by atoms with Crippen molar-refractivity contribution in [3.63, 3.8) is 0 Å². The van der Waals surface area contributed by atoms with E-state index in [4.69, 9.17) is 15.5 Å². The molecule has 0 aliphatic carbocycles. The summed E-state index contributed by atoms with van der Waals surface area (Å²) >= 11 is 0. The van der Waals surface area contributed by atoms with Gasteiger partial charge in [-0.25, -0.2) is 9.59 Å². The van der Waals surface area contributed by atoms with Crippen LogP contribution in [0, 0.1) is 11.3 Å². The molecule has 5 nitrogen and oxygen atoms in total. The molecule has 24 heavy (non-hydrogen) atoms. The van der Waals surface area contributed by atoms with Gasteiger partial charge in [0, 0.05) is 6.08 Å². The van der Waals surface area contributed by atoms with Crippen LogP contribution in [0.5, 0.6) is 0 Å². The third kappa shape index (κ3) is 8.60. The first kappa shape index (κ1) is 20.3. The molecule has 0 atom stereocenters. The van der Waals surface area contributed by atoms with Crippen LogP contribution in [0.3, 0.4) is 0 Å². The lowest BCUT2D eigenvalue weighted by Crippen LogP contribution is -1.99. The lowest BCUT2D eigenvalue weighted by atomic mass is 10.1. The predicted octanol–water partition coefficient (Wildman–Crippen LogP) is 4.11. The van der Waals surface area contributed by atoms with Gasteiger partial charge in [0.1, 0.15) is 0 Å². The molecule has 0 heterocycles. The van der Waals surface area contributed by atoms with Gasteiger partial charge in [-0.3, -0.25) is 0 Å². The zero-order valence-electron chi connectivity index (χ0n) is 12.9. The highest BCUT2D eigenvalue weighted by Gasteiger charge is 2.04. The molecule has 0 unspecified atom stereocenters. The van der Waals surface area contributed by atoms with Crippen molar-refractivity contribution in [2.75, 3.05) is 0 Å². The van der Waals surface area contributed by atoms with Crippen LogP contribution in [0.15, 0.2) is 73.8 Å². The van der Waals surface area contributed by atoms with Crippen molar-refractivity contribution in [2.45, 2.75) is 0 Å². The van der Waals surface area contributed by atoms with Crippen LogP contribution < -0.4 is 0 Å². The average Bonchev–Trinajstić information content (AvgIpc) is 2.63. The fourth-order valence-corrected chi connectivity index (χ4v) is 1.34. The number of carbonyl (C=O) groups is 2. The van der Waals surface area contributed by atoms with Gasteiger partial charge < -0.3 is 10.2 Å². The summed E-state index contributed by atoms with van der Waals surface area (Å²) < 4.78 is 0. The van der Waals surface area contributed by atoms with Crippen molar-refractivity contribution in [1.29, 1.82) is 5.26 Å². The number of rotatable bonds is 3. The molecule has 0 spiro atoms. The smallest absolute Gasteiger partial charge is 0.335 e. The normalized spacial score (nSPS) is 8.12. The predicted molar refractivity (Wildman–Crippen MR) is 92.7 cm³/mol. The Labute approximate surface area is 140 Å². The number of benzene rings is 2. The molecular formula is C19H17NO4. The largest absolute Gasteiger partial charge is 0.478 e. The van der Waals surface area contributed by atoms with Gasteiger partial charge in [0.2, 0.25) is 0 Å². The zero-order chi connectivity index (χ0) is 18.4. The number of carboxylic acids is 2. The van der Waals surface area contributed by atoms with Crippen LogP contribution in [0.25, 0.3) is 6.08 Å². The molecule has 0 aliphatic heterocycles. The maximum absolute atomic E-state index is 10.3. The minimum atomic E-state index is -1.06. The molecule has 0 amide bonds. The second kappa shape index (κ2) is 12.0. The molecule has 122 valence electrons. The highest BCUT2D eigenvalue weighted by Crippen LogP contribution is 2.03. The van der Waals surface area contributed by atoms with E-state index in [2.05, 4.69) is 13.2 Å². The Morgan fingerprint density at radius 1 is 0.875 bits per heavy atom. The van der Waals surface area contributed by atoms with Gasteiger partial charge in [0.05, 0.1) is 17.2 Å². The number of nitriles is 1. The average molecular weight is 323 g/mol. The van der Waals surface area contributed by atoms with E-state index in [1.54, 1.807) is 6.07 Å². The SMILES string of the molecule is C=CC#N.C=Cc1ccccc1.O=C(O)c1ccc(C(=O)O)cc1. The maximum Gasteiger partial charge on any atom is 0.335 e. The molecular weight excluding hydrogens is 306 g/mol. The first-order valence-corrected chi connectivity index (χ1v) is 6.70. The minimum Gasteiger partial charge on any atom is -0.478 e. The first-order chi connectivity index (χ1) is 11.5. The van der Waals surface area contributed by atoms with Crippen molar-refractivity contribution in [1.82, 2.24) is 0 Å². The lowest BCUT2D eigenvalue weighted by molar-refractivity contribution is 0.0681. The first-order valence-electron chi connectivity index (χ1n) is 6.70. The van der Waals surface area contributed by atoms with Gasteiger partial charge >= 0.3 is 11.9 Å². The molecule has 0 fully saturated rings. The van der Waals surface area contributed by atoms with E-state index in [1.807, 2.05) is 36.4 Å². The maximum atomic E-state index is 10.3. The fourth-order valence-electron chi connectivity index (χ4n) is 1.34. The van der Waals surface area contributed by atoms with E-state index >= 15 is 0 Å². The summed E-state index contributed by atoms with van der Waals surface area (Å²) in [7, 11) is 0. The molecule has 2 N–H and O–H groups in total. The molecule has 2 aromatic carbocycles. The van der Waals surface area contributed by atoms with E-state index in [0.29, 0.717) is 0 Å². The van der Waals surface area contributed by atoms with Crippen molar-refractivity contribution < 1.29 is 19.8 Å². The highest BCUT2D eigenvalue weighted by molar-refractivity contribution is 5.91. The highest BCUT2D eigenvalue weighted by atomic mass is 16.4. The van der Waals surface area contributed by atoms with Crippen LogP contribution in [0.1, 0.15) is 26.3 Å². The van der Waals surface area contributed by atoms with Gasteiger partial charge in [0.25, 0.3) is 0 Å².